The van der Waals surface area contributed by atoms with E-state index in [1.165, 1.54) is 12.4 Å². The Morgan fingerprint density at radius 3 is 2.89 bits per heavy atom. The number of hydrogen-bond donors (Lipinski definition) is 1. The van der Waals surface area contributed by atoms with Gasteiger partial charge in [-0.15, -0.1) is 0 Å². The number of carbonyl (C=O) groups is 1. The number of ether oxygens (including phenoxy) is 2. The van der Waals surface area contributed by atoms with Crippen molar-refractivity contribution in [3.8, 4) is 0 Å². The zero-order valence-electron chi connectivity index (χ0n) is 10.3. The molecule has 0 saturated carbocycles. The standard InChI is InChI=1S/C12H11ClN2O4/c1-12(2)18-8(9(16)11(17)19-12)6-15-10-7(13)4-3-5-14-10/h3-6,16H,1-2H3/b15-6+. The highest BCUT2D eigenvalue weighted by Crippen LogP contribution is 2.26. The lowest BCUT2D eigenvalue weighted by molar-refractivity contribution is -0.209. The molecule has 0 saturated heterocycles. The van der Waals surface area contributed by atoms with Crippen LogP contribution in [-0.4, -0.2) is 28.1 Å². The van der Waals surface area contributed by atoms with Gasteiger partial charge in [-0.3, -0.25) is 0 Å². The largest absolute Gasteiger partial charge is 0.499 e. The van der Waals surface area contributed by atoms with Crippen LogP contribution in [0.2, 0.25) is 5.02 Å². The second-order valence-corrected chi connectivity index (χ2v) is 4.58. The molecular formula is C12H11ClN2O4. The number of halogens is 1. The summed E-state index contributed by atoms with van der Waals surface area (Å²) in [5.74, 6) is -2.52. The average molecular weight is 283 g/mol. The van der Waals surface area contributed by atoms with Crippen LogP contribution in [0.25, 0.3) is 0 Å². The molecule has 19 heavy (non-hydrogen) atoms. The summed E-state index contributed by atoms with van der Waals surface area (Å²) in [6.07, 6.45) is 2.69. The van der Waals surface area contributed by atoms with Crippen LogP contribution in [0.4, 0.5) is 5.82 Å². The Morgan fingerprint density at radius 2 is 2.21 bits per heavy atom. The first kappa shape index (κ1) is 13.4. The smallest absolute Gasteiger partial charge is 0.380 e. The van der Waals surface area contributed by atoms with Crippen molar-refractivity contribution in [2.75, 3.05) is 0 Å². The van der Waals surface area contributed by atoms with Gasteiger partial charge < -0.3 is 14.6 Å². The second kappa shape index (κ2) is 4.89. The summed E-state index contributed by atoms with van der Waals surface area (Å²) in [6.45, 7) is 3.08. The lowest BCUT2D eigenvalue weighted by Crippen LogP contribution is -2.37. The number of aliphatic imine (C=N–C) groups is 1. The van der Waals surface area contributed by atoms with Gasteiger partial charge in [0.15, 0.2) is 11.6 Å². The van der Waals surface area contributed by atoms with Crippen LogP contribution in [0, 0.1) is 0 Å². The number of aliphatic hydroxyl groups is 1. The van der Waals surface area contributed by atoms with E-state index in [9.17, 15) is 9.90 Å². The first-order chi connectivity index (χ1) is 8.89. The van der Waals surface area contributed by atoms with Crippen LogP contribution in [0.5, 0.6) is 0 Å². The molecule has 0 radical (unpaired) electrons. The third-order valence-corrected chi connectivity index (χ3v) is 2.46. The van der Waals surface area contributed by atoms with E-state index in [-0.39, 0.29) is 11.6 Å². The fraction of sp³-hybridized carbons (Fsp3) is 0.250. The van der Waals surface area contributed by atoms with E-state index in [1.54, 1.807) is 26.0 Å². The maximum atomic E-state index is 11.4. The van der Waals surface area contributed by atoms with Crippen molar-refractivity contribution in [2.45, 2.75) is 19.6 Å². The molecule has 0 bridgehead atoms. The van der Waals surface area contributed by atoms with Gasteiger partial charge in [-0.25, -0.2) is 14.8 Å². The molecule has 0 atom stereocenters. The van der Waals surface area contributed by atoms with Gasteiger partial charge in [-0.1, -0.05) is 11.6 Å². The number of esters is 1. The predicted molar refractivity (Wildman–Crippen MR) is 68.3 cm³/mol. The predicted octanol–water partition coefficient (Wildman–Crippen LogP) is 2.52. The molecule has 7 heteroatoms. The highest BCUT2D eigenvalue weighted by Gasteiger charge is 2.35. The number of aromatic nitrogens is 1. The molecule has 2 rings (SSSR count). The zero-order valence-corrected chi connectivity index (χ0v) is 11.0. The van der Waals surface area contributed by atoms with E-state index in [0.29, 0.717) is 5.02 Å². The van der Waals surface area contributed by atoms with Crippen molar-refractivity contribution in [2.24, 2.45) is 4.99 Å². The maximum Gasteiger partial charge on any atom is 0.380 e. The Bertz CT molecular complexity index is 581. The van der Waals surface area contributed by atoms with Gasteiger partial charge in [-0.2, -0.15) is 0 Å². The van der Waals surface area contributed by atoms with Gasteiger partial charge in [-0.05, 0) is 12.1 Å². The highest BCUT2D eigenvalue weighted by molar-refractivity contribution is 6.32. The highest BCUT2D eigenvalue weighted by atomic mass is 35.5. The fourth-order valence-electron chi connectivity index (χ4n) is 1.39. The van der Waals surface area contributed by atoms with Crippen LogP contribution in [0.15, 0.2) is 34.8 Å². The van der Waals surface area contributed by atoms with Crippen LogP contribution in [-0.2, 0) is 14.3 Å². The number of nitrogens with zero attached hydrogens (tertiary/aromatic N) is 2. The molecular weight excluding hydrogens is 272 g/mol. The monoisotopic (exact) mass is 282 g/mol. The Morgan fingerprint density at radius 1 is 1.47 bits per heavy atom. The van der Waals surface area contributed by atoms with E-state index in [4.69, 9.17) is 21.1 Å². The minimum atomic E-state index is -1.17. The molecule has 1 aliphatic heterocycles. The molecule has 0 aromatic carbocycles. The second-order valence-electron chi connectivity index (χ2n) is 4.17. The van der Waals surface area contributed by atoms with Crippen molar-refractivity contribution in [1.29, 1.82) is 0 Å². The zero-order chi connectivity index (χ0) is 14.0. The molecule has 1 aromatic rings. The number of cyclic esters (lactones) is 1. The first-order valence-electron chi connectivity index (χ1n) is 5.39. The first-order valence-corrected chi connectivity index (χ1v) is 5.77. The van der Waals surface area contributed by atoms with E-state index < -0.39 is 17.5 Å². The summed E-state index contributed by atoms with van der Waals surface area (Å²) in [7, 11) is 0. The van der Waals surface area contributed by atoms with E-state index in [1.807, 2.05) is 0 Å². The van der Waals surface area contributed by atoms with Crippen molar-refractivity contribution in [3.05, 3.63) is 34.9 Å². The van der Waals surface area contributed by atoms with Crippen molar-refractivity contribution in [1.82, 2.24) is 4.98 Å². The van der Waals surface area contributed by atoms with Crippen LogP contribution in [0.1, 0.15) is 13.8 Å². The molecule has 0 unspecified atom stereocenters. The summed E-state index contributed by atoms with van der Waals surface area (Å²) in [6, 6.07) is 3.28. The lowest BCUT2D eigenvalue weighted by atomic mass is 10.3. The molecule has 0 aliphatic carbocycles. The summed E-state index contributed by atoms with van der Waals surface area (Å²) >= 11 is 5.88. The molecule has 100 valence electrons. The SMILES string of the molecule is CC1(C)OC(=O)C(O)=C(/C=N/c2ncccc2Cl)O1. The summed E-state index contributed by atoms with van der Waals surface area (Å²) < 4.78 is 10.1. The number of aliphatic hydroxyl groups excluding tert-OH is 1. The third-order valence-electron chi connectivity index (χ3n) is 2.16. The number of carbonyl (C=O) groups excluding carboxylic acids is 1. The molecule has 0 fully saturated rings. The Labute approximate surface area is 114 Å². The molecule has 1 aliphatic rings. The van der Waals surface area contributed by atoms with Gasteiger partial charge >= 0.3 is 5.97 Å². The summed E-state index contributed by atoms with van der Waals surface area (Å²) in [4.78, 5) is 19.3. The van der Waals surface area contributed by atoms with Crippen molar-refractivity contribution >= 4 is 29.6 Å². The van der Waals surface area contributed by atoms with Gasteiger partial charge in [0.1, 0.15) is 0 Å². The molecule has 6 nitrogen and oxygen atoms in total. The topological polar surface area (TPSA) is 81.0 Å². The Hall–Kier alpha value is -2.08. The number of hydrogen-bond acceptors (Lipinski definition) is 6. The van der Waals surface area contributed by atoms with E-state index in [2.05, 4.69) is 9.98 Å². The molecule has 0 amide bonds. The summed E-state index contributed by atoms with van der Waals surface area (Å²) in [5.41, 5.74) is 0. The van der Waals surface area contributed by atoms with Gasteiger partial charge in [0.25, 0.3) is 0 Å². The minimum Gasteiger partial charge on any atom is -0.499 e. The molecule has 1 aromatic heterocycles. The van der Waals surface area contributed by atoms with E-state index >= 15 is 0 Å². The number of allylic oxidation sites excluding steroid dienone is 1. The normalized spacial score (nSPS) is 18.4. The molecule has 0 spiro atoms. The van der Waals surface area contributed by atoms with Crippen LogP contribution in [0.3, 0.4) is 0 Å². The number of pyridine rings is 1. The van der Waals surface area contributed by atoms with Gasteiger partial charge in [0, 0.05) is 20.0 Å². The van der Waals surface area contributed by atoms with Gasteiger partial charge in [0.05, 0.1) is 11.2 Å². The minimum absolute atomic E-state index is 0.0945. The molecule has 1 N–H and O–H groups in total. The van der Waals surface area contributed by atoms with Gasteiger partial charge in [0.2, 0.25) is 11.5 Å². The van der Waals surface area contributed by atoms with Crippen molar-refractivity contribution < 1.29 is 19.4 Å². The average Bonchev–Trinajstić information content (AvgIpc) is 2.33. The van der Waals surface area contributed by atoms with Crippen LogP contribution >= 0.6 is 11.6 Å². The fourth-order valence-corrected chi connectivity index (χ4v) is 1.56. The lowest BCUT2D eigenvalue weighted by Gasteiger charge is -2.30. The number of rotatable bonds is 2. The Kier molecular flexibility index (Phi) is 3.44. The third kappa shape index (κ3) is 3.03. The van der Waals surface area contributed by atoms with Crippen LogP contribution < -0.4 is 0 Å². The van der Waals surface area contributed by atoms with E-state index in [0.717, 1.165) is 0 Å². The summed E-state index contributed by atoms with van der Waals surface area (Å²) in [5, 5.41) is 9.90. The Balaban J connectivity index is 2.30. The maximum absolute atomic E-state index is 11.4. The van der Waals surface area contributed by atoms with Crippen molar-refractivity contribution in [3.63, 3.8) is 0 Å². The quantitative estimate of drug-likeness (QED) is 0.666. The molecule has 2 heterocycles.